The predicted octanol–water partition coefficient (Wildman–Crippen LogP) is 7.70. The van der Waals surface area contributed by atoms with E-state index in [1.807, 2.05) is 24.3 Å². The molecule has 0 bridgehead atoms. The Morgan fingerprint density at radius 3 is 2.09 bits per heavy atom. The molecule has 1 unspecified atom stereocenters. The molecule has 5 aliphatic rings. The number of terminal acetylenes is 1. The zero-order chi connectivity index (χ0) is 47.9. The van der Waals surface area contributed by atoms with Crippen LogP contribution in [0, 0.1) is 35.0 Å². The third-order valence-corrected chi connectivity index (χ3v) is 15.0. The van der Waals surface area contributed by atoms with Crippen molar-refractivity contribution in [2.45, 2.75) is 91.9 Å². The fourth-order valence-corrected chi connectivity index (χ4v) is 11.4. The van der Waals surface area contributed by atoms with Crippen molar-refractivity contribution in [1.82, 2.24) is 14.7 Å². The molecule has 354 valence electrons. The Hall–Kier alpha value is -5.91. The highest BCUT2D eigenvalue weighted by molar-refractivity contribution is 6.31. The lowest BCUT2D eigenvalue weighted by atomic mass is 9.44. The fraction of sp³-hybridized carbons (Fsp3) is 0.500. The van der Waals surface area contributed by atoms with Crippen molar-refractivity contribution in [3.8, 4) is 18.1 Å². The molecule has 4 aliphatic heterocycles. The minimum atomic E-state index is -1.20. The Labute approximate surface area is 397 Å². The molecule has 4 heterocycles. The number of Topliss-reactive ketones (excluding diaryl/α,β-unsaturated/α-hetero) is 1. The van der Waals surface area contributed by atoms with Gasteiger partial charge in [0.15, 0.2) is 12.5 Å². The molecular formula is C52H60ClN5O9. The molecule has 15 heteroatoms. The van der Waals surface area contributed by atoms with E-state index < -0.39 is 48.7 Å². The van der Waals surface area contributed by atoms with Crippen LogP contribution in [0.15, 0.2) is 60.7 Å². The molecule has 1 atom stereocenters. The van der Waals surface area contributed by atoms with Crippen molar-refractivity contribution >= 4 is 58.5 Å². The van der Waals surface area contributed by atoms with Gasteiger partial charge in [-0.15, -0.1) is 6.42 Å². The van der Waals surface area contributed by atoms with Crippen molar-refractivity contribution in [3.63, 3.8) is 0 Å². The maximum Gasteiger partial charge on any atom is 0.510 e. The zero-order valence-electron chi connectivity index (χ0n) is 39.2. The Balaban J connectivity index is 0.785. The lowest BCUT2D eigenvalue weighted by Gasteiger charge is -2.63. The Morgan fingerprint density at radius 1 is 0.806 bits per heavy atom. The number of hydrogen-bond acceptors (Lipinski definition) is 12. The number of carbonyl (C=O) groups is 6. The number of nitrogens with zero attached hydrogens (tertiary/aromatic N) is 5. The van der Waals surface area contributed by atoms with E-state index in [2.05, 4.69) is 60.4 Å². The number of ketones is 1. The van der Waals surface area contributed by atoms with Crippen molar-refractivity contribution in [3.05, 3.63) is 87.9 Å². The van der Waals surface area contributed by atoms with Crippen LogP contribution < -0.4 is 14.5 Å². The number of rotatable bonds is 13. The van der Waals surface area contributed by atoms with Crippen LogP contribution in [0.1, 0.15) is 110 Å². The highest BCUT2D eigenvalue weighted by Gasteiger charge is 2.63. The van der Waals surface area contributed by atoms with Crippen LogP contribution in [-0.2, 0) is 19.1 Å². The van der Waals surface area contributed by atoms with E-state index in [4.69, 9.17) is 32.2 Å². The number of anilines is 2. The molecule has 67 heavy (non-hydrogen) atoms. The van der Waals surface area contributed by atoms with Gasteiger partial charge in [0.25, 0.3) is 17.7 Å². The summed E-state index contributed by atoms with van der Waals surface area (Å²) in [6, 6.07) is 17.5. The number of fused-ring (bicyclic) bond motifs is 1. The van der Waals surface area contributed by atoms with Crippen LogP contribution in [0.25, 0.3) is 0 Å². The molecular weight excluding hydrogens is 874 g/mol. The molecule has 3 aromatic carbocycles. The standard InChI is InChI=1S/C52H60ClN5O9/c1-8-34-11-15-38(28-41(34)53)67-49-51(4,5)44(52(49,6)7)29-43(59)35-9-12-36(13-10-35)55-21-19-33(20-22-55)30-54-23-25-56(26-24-54)37-14-16-39-40(27-37)47(62)58(46(39)61)42-17-18-45(60)57(48(42)63)31-65-50(64)66-32(2)3/h1,9-16,27-28,32-33,42,44,49H,17-26,29-31H2,2-7H3. The number of halogens is 1. The monoisotopic (exact) mass is 933 g/mol. The third-order valence-electron chi connectivity index (χ3n) is 14.7. The highest BCUT2D eigenvalue weighted by Crippen LogP contribution is 2.62. The number of piperidine rings is 2. The first-order chi connectivity index (χ1) is 31.9. The van der Waals surface area contributed by atoms with Gasteiger partial charge in [0.2, 0.25) is 5.91 Å². The lowest BCUT2D eigenvalue weighted by molar-refractivity contribution is -0.196. The summed E-state index contributed by atoms with van der Waals surface area (Å²) in [5, 5.41) is 0.484. The fourth-order valence-electron chi connectivity index (χ4n) is 11.2. The number of carbonyl (C=O) groups excluding carboxylic acids is 6. The van der Waals surface area contributed by atoms with Gasteiger partial charge in [-0.05, 0) is 99.5 Å². The molecule has 8 rings (SSSR count). The Morgan fingerprint density at radius 2 is 1.45 bits per heavy atom. The van der Waals surface area contributed by atoms with Crippen molar-refractivity contribution in [2.75, 3.05) is 62.3 Å². The molecule has 3 saturated heterocycles. The third kappa shape index (κ3) is 9.50. The van der Waals surface area contributed by atoms with Gasteiger partial charge in [-0.1, -0.05) is 45.2 Å². The molecule has 0 radical (unpaired) electrons. The molecule has 1 saturated carbocycles. The topological polar surface area (TPSA) is 146 Å². The van der Waals surface area contributed by atoms with Gasteiger partial charge in [0, 0.05) is 98.1 Å². The first-order valence-electron chi connectivity index (χ1n) is 23.3. The average Bonchev–Trinajstić information content (AvgIpc) is 3.55. The Bertz CT molecular complexity index is 2470. The minimum absolute atomic E-state index is 0.0144. The van der Waals surface area contributed by atoms with E-state index in [0.717, 1.165) is 85.4 Å². The normalized spacial score (nSPS) is 22.9. The average molecular weight is 935 g/mol. The van der Waals surface area contributed by atoms with E-state index in [1.165, 1.54) is 0 Å². The zero-order valence-corrected chi connectivity index (χ0v) is 40.0. The number of piperazine rings is 1. The van der Waals surface area contributed by atoms with E-state index in [-0.39, 0.29) is 52.6 Å². The first kappa shape index (κ1) is 47.6. The number of hydrogen-bond donors (Lipinski definition) is 0. The molecule has 3 aromatic rings. The summed E-state index contributed by atoms with van der Waals surface area (Å²) < 4.78 is 16.4. The quantitative estimate of drug-likeness (QED) is 0.0717. The van der Waals surface area contributed by atoms with Crippen LogP contribution in [0.4, 0.5) is 16.2 Å². The second-order valence-corrected chi connectivity index (χ2v) is 20.4. The van der Waals surface area contributed by atoms with Gasteiger partial charge in [-0.3, -0.25) is 33.8 Å². The van der Waals surface area contributed by atoms with Crippen LogP contribution in [0.3, 0.4) is 0 Å². The molecule has 0 spiro atoms. The smallest absolute Gasteiger partial charge is 0.489 e. The molecule has 1 aliphatic carbocycles. The van der Waals surface area contributed by atoms with E-state index in [1.54, 1.807) is 38.1 Å². The Kier molecular flexibility index (Phi) is 13.5. The molecule has 14 nitrogen and oxygen atoms in total. The molecule has 4 amide bonds. The predicted molar refractivity (Wildman–Crippen MR) is 253 cm³/mol. The number of ether oxygens (including phenoxy) is 3. The van der Waals surface area contributed by atoms with E-state index in [9.17, 15) is 28.8 Å². The van der Waals surface area contributed by atoms with Crippen LogP contribution in [0.2, 0.25) is 5.02 Å². The summed E-state index contributed by atoms with van der Waals surface area (Å²) in [6.07, 6.45) is 6.42. The van der Waals surface area contributed by atoms with E-state index >= 15 is 0 Å². The number of amides is 4. The summed E-state index contributed by atoms with van der Waals surface area (Å²) in [6.45, 7) is 17.4. The van der Waals surface area contributed by atoms with Crippen molar-refractivity contribution in [2.24, 2.45) is 22.7 Å². The highest BCUT2D eigenvalue weighted by atomic mass is 35.5. The van der Waals surface area contributed by atoms with Gasteiger partial charge >= 0.3 is 6.16 Å². The second kappa shape index (κ2) is 19.0. The van der Waals surface area contributed by atoms with E-state index in [0.29, 0.717) is 28.7 Å². The van der Waals surface area contributed by atoms with Crippen molar-refractivity contribution < 1.29 is 43.0 Å². The number of imide groups is 2. The molecule has 0 aromatic heterocycles. The summed E-state index contributed by atoms with van der Waals surface area (Å²) in [4.78, 5) is 87.7. The minimum Gasteiger partial charge on any atom is -0.489 e. The van der Waals surface area contributed by atoms with Gasteiger partial charge in [0.1, 0.15) is 17.9 Å². The largest absolute Gasteiger partial charge is 0.510 e. The van der Waals surface area contributed by atoms with Crippen LogP contribution in [-0.4, -0.2) is 121 Å². The SMILES string of the molecule is C#Cc1ccc(OC2C(C)(C)C(CC(=O)c3ccc(N4CCC(CN5CCN(c6ccc7c(c6)C(=O)N(C6CCC(=O)N(COC(=O)OC(C)C)C6=O)C7=O)CC5)CC4)cc3)C2(C)C)cc1Cl. The maximum absolute atomic E-state index is 13.7. The summed E-state index contributed by atoms with van der Waals surface area (Å²) >= 11 is 6.35. The second-order valence-electron chi connectivity index (χ2n) is 20.0. The molecule has 0 N–H and O–H groups in total. The molecule has 4 fully saturated rings. The summed E-state index contributed by atoms with van der Waals surface area (Å²) in [5.41, 5.74) is 3.29. The lowest BCUT2D eigenvalue weighted by Crippen LogP contribution is -2.66. The number of likely N-dealkylation sites (tertiary alicyclic amines) is 1. The van der Waals surface area contributed by atoms with Gasteiger partial charge < -0.3 is 24.0 Å². The summed E-state index contributed by atoms with van der Waals surface area (Å²) in [5.74, 6) is 1.57. The first-order valence-corrected chi connectivity index (χ1v) is 23.7. The summed E-state index contributed by atoms with van der Waals surface area (Å²) in [7, 11) is 0. The van der Waals surface area contributed by atoms with Crippen molar-refractivity contribution in [1.29, 1.82) is 0 Å². The van der Waals surface area contributed by atoms with Crippen LogP contribution >= 0.6 is 11.6 Å². The van der Waals surface area contributed by atoms with Gasteiger partial charge in [0.05, 0.1) is 22.3 Å². The van der Waals surface area contributed by atoms with Gasteiger partial charge in [-0.2, -0.15) is 0 Å². The van der Waals surface area contributed by atoms with Gasteiger partial charge in [-0.25, -0.2) is 9.69 Å². The number of benzene rings is 3. The van der Waals surface area contributed by atoms with Crippen LogP contribution in [0.5, 0.6) is 5.75 Å². The maximum atomic E-state index is 13.7.